The molecule has 4 rings (SSSR count). The zero-order chi connectivity index (χ0) is 29.4. The molecule has 0 aliphatic heterocycles. The van der Waals surface area contributed by atoms with Gasteiger partial charge in [-0.3, -0.25) is 9.59 Å². The molecule has 210 valence electrons. The van der Waals surface area contributed by atoms with Crippen molar-refractivity contribution in [3.63, 3.8) is 0 Å². The number of halogens is 7. The Labute approximate surface area is 227 Å². The first-order valence-electron chi connectivity index (χ1n) is 11.4. The fraction of sp³-hybridized carbons (Fsp3) is 0.185. The van der Waals surface area contributed by atoms with Gasteiger partial charge in [0.05, 0.1) is 21.7 Å². The summed E-state index contributed by atoms with van der Waals surface area (Å²) in [6.45, 7) is 2.56. The van der Waals surface area contributed by atoms with E-state index in [1.165, 1.54) is 12.1 Å². The number of alkyl halides is 6. The Morgan fingerprint density at radius 2 is 1.68 bits per heavy atom. The molecule has 0 spiro atoms. The van der Waals surface area contributed by atoms with Gasteiger partial charge in [0.2, 0.25) is 11.2 Å². The highest BCUT2D eigenvalue weighted by Gasteiger charge is 2.40. The summed E-state index contributed by atoms with van der Waals surface area (Å²) in [5.41, 5.74) is -1.76. The van der Waals surface area contributed by atoms with Crippen molar-refractivity contribution in [3.05, 3.63) is 92.3 Å². The molecule has 3 aromatic carbocycles. The molecule has 6 nitrogen and oxygen atoms in total. The van der Waals surface area contributed by atoms with Crippen LogP contribution in [0.25, 0.3) is 11.0 Å². The number of carbonyl (C=O) groups is 1. The van der Waals surface area contributed by atoms with Gasteiger partial charge in [-0.05, 0) is 61.4 Å². The van der Waals surface area contributed by atoms with Gasteiger partial charge in [0, 0.05) is 6.07 Å². The third-order valence-corrected chi connectivity index (χ3v) is 5.90. The summed E-state index contributed by atoms with van der Waals surface area (Å²) in [5, 5.41) is 1.76. The topological polar surface area (TPSA) is 77.8 Å². The minimum atomic E-state index is -5.10. The van der Waals surface area contributed by atoms with Crippen molar-refractivity contribution in [2.75, 3.05) is 11.9 Å². The number of hydrogen-bond acceptors (Lipinski definition) is 5. The number of benzene rings is 3. The lowest BCUT2D eigenvalue weighted by Crippen LogP contribution is -2.21. The number of ether oxygens (including phenoxy) is 2. The molecule has 1 N–H and O–H groups in total. The van der Waals surface area contributed by atoms with Crippen molar-refractivity contribution >= 4 is 34.2 Å². The quantitative estimate of drug-likeness (QED) is 0.233. The van der Waals surface area contributed by atoms with E-state index < -0.39 is 53.0 Å². The van der Waals surface area contributed by atoms with Crippen LogP contribution in [0.5, 0.6) is 17.2 Å². The zero-order valence-corrected chi connectivity index (χ0v) is 21.3. The van der Waals surface area contributed by atoms with Gasteiger partial charge in [-0.15, -0.1) is 0 Å². The summed E-state index contributed by atoms with van der Waals surface area (Å²) >= 11 is 5.85. The number of aryl methyl sites for hydroxylation is 2. The van der Waals surface area contributed by atoms with E-state index in [0.29, 0.717) is 17.2 Å². The molecule has 13 heteroatoms. The van der Waals surface area contributed by atoms with E-state index in [1.807, 2.05) is 0 Å². The van der Waals surface area contributed by atoms with Crippen molar-refractivity contribution in [2.45, 2.75) is 26.2 Å². The van der Waals surface area contributed by atoms with E-state index in [-0.39, 0.29) is 27.6 Å². The van der Waals surface area contributed by atoms with E-state index >= 15 is 0 Å². The van der Waals surface area contributed by atoms with Gasteiger partial charge in [-0.25, -0.2) is 0 Å². The van der Waals surface area contributed by atoms with Crippen LogP contribution >= 0.6 is 11.6 Å². The predicted octanol–water partition coefficient (Wildman–Crippen LogP) is 7.91. The fourth-order valence-electron chi connectivity index (χ4n) is 3.59. The maximum Gasteiger partial charge on any atom is 0.453 e. The lowest BCUT2D eigenvalue weighted by atomic mass is 10.1. The van der Waals surface area contributed by atoms with Gasteiger partial charge in [-0.1, -0.05) is 23.7 Å². The first-order valence-corrected chi connectivity index (χ1v) is 11.7. The maximum absolute atomic E-state index is 13.9. The first kappa shape index (κ1) is 28.8. The molecule has 1 amide bonds. The smallest absolute Gasteiger partial charge is 0.453 e. The zero-order valence-electron chi connectivity index (χ0n) is 20.6. The summed E-state index contributed by atoms with van der Waals surface area (Å²) in [4.78, 5) is 25.3. The number of anilines is 1. The SMILES string of the molecule is Cc1ccc(C)c(Oc2c(C(F)(F)F)oc3cc(OCC(=O)Nc4cc(C(F)(F)F)ccc4Cl)ccc3c2=O)c1. The molecule has 40 heavy (non-hydrogen) atoms. The molecule has 0 atom stereocenters. The Bertz CT molecular complexity index is 1660. The van der Waals surface area contributed by atoms with E-state index in [0.717, 1.165) is 24.3 Å². The highest BCUT2D eigenvalue weighted by molar-refractivity contribution is 6.33. The normalized spacial score (nSPS) is 11.9. The Balaban J connectivity index is 1.60. The number of amides is 1. The molecule has 0 saturated heterocycles. The van der Waals surface area contributed by atoms with Gasteiger partial charge in [0.1, 0.15) is 17.1 Å². The molecule has 0 radical (unpaired) electrons. The molecule has 0 aliphatic rings. The molecular weight excluding hydrogens is 568 g/mol. The average molecular weight is 586 g/mol. The monoisotopic (exact) mass is 585 g/mol. The third kappa shape index (κ3) is 6.33. The molecule has 0 saturated carbocycles. The van der Waals surface area contributed by atoms with Crippen molar-refractivity contribution in [1.29, 1.82) is 0 Å². The predicted molar refractivity (Wildman–Crippen MR) is 134 cm³/mol. The highest BCUT2D eigenvalue weighted by atomic mass is 35.5. The number of rotatable bonds is 6. The lowest BCUT2D eigenvalue weighted by Gasteiger charge is -2.15. The maximum atomic E-state index is 13.9. The van der Waals surface area contributed by atoms with Crippen molar-refractivity contribution in [2.24, 2.45) is 0 Å². The summed E-state index contributed by atoms with van der Waals surface area (Å²) in [6.07, 6.45) is -9.77. The van der Waals surface area contributed by atoms with Crippen LogP contribution in [-0.4, -0.2) is 12.5 Å². The summed E-state index contributed by atoms with van der Waals surface area (Å²) < 4.78 is 96.1. The van der Waals surface area contributed by atoms with Gasteiger partial charge in [-0.2, -0.15) is 26.3 Å². The van der Waals surface area contributed by atoms with Crippen molar-refractivity contribution in [3.8, 4) is 17.2 Å². The molecule has 1 heterocycles. The van der Waals surface area contributed by atoms with Crippen molar-refractivity contribution in [1.82, 2.24) is 0 Å². The van der Waals surface area contributed by atoms with E-state index in [1.54, 1.807) is 26.0 Å². The van der Waals surface area contributed by atoms with Crippen LogP contribution in [0, 0.1) is 13.8 Å². The molecule has 0 bridgehead atoms. The number of nitrogens with one attached hydrogen (secondary N) is 1. The Morgan fingerprint density at radius 1 is 0.950 bits per heavy atom. The van der Waals surface area contributed by atoms with Crippen LogP contribution in [0.15, 0.2) is 63.8 Å². The first-order chi connectivity index (χ1) is 18.6. The Kier molecular flexibility index (Phi) is 7.75. The van der Waals surface area contributed by atoms with Crippen LogP contribution < -0.4 is 20.2 Å². The number of fused-ring (bicyclic) bond motifs is 1. The van der Waals surface area contributed by atoms with Crippen LogP contribution in [-0.2, 0) is 17.1 Å². The lowest BCUT2D eigenvalue weighted by molar-refractivity contribution is -0.154. The molecule has 0 unspecified atom stereocenters. The van der Waals surface area contributed by atoms with Crippen LogP contribution in [0.3, 0.4) is 0 Å². The van der Waals surface area contributed by atoms with Crippen LogP contribution in [0.4, 0.5) is 32.0 Å². The fourth-order valence-corrected chi connectivity index (χ4v) is 3.75. The van der Waals surface area contributed by atoms with Gasteiger partial charge in [0.15, 0.2) is 6.61 Å². The molecular formula is C27H18ClF6NO5. The van der Waals surface area contributed by atoms with E-state index in [9.17, 15) is 35.9 Å². The average Bonchev–Trinajstić information content (AvgIpc) is 2.86. The van der Waals surface area contributed by atoms with Crippen LogP contribution in [0.2, 0.25) is 5.02 Å². The molecule has 4 aromatic rings. The van der Waals surface area contributed by atoms with Crippen molar-refractivity contribution < 1.29 is 45.0 Å². The largest absolute Gasteiger partial charge is 0.484 e. The molecule has 1 aromatic heterocycles. The van der Waals surface area contributed by atoms with E-state index in [2.05, 4.69) is 5.32 Å². The summed E-state index contributed by atoms with van der Waals surface area (Å²) in [7, 11) is 0. The van der Waals surface area contributed by atoms with Gasteiger partial charge < -0.3 is 19.2 Å². The third-order valence-electron chi connectivity index (χ3n) is 5.57. The van der Waals surface area contributed by atoms with Gasteiger partial charge >= 0.3 is 12.4 Å². The Hall–Kier alpha value is -4.19. The van der Waals surface area contributed by atoms with E-state index in [4.69, 9.17) is 25.5 Å². The number of hydrogen-bond donors (Lipinski definition) is 1. The second kappa shape index (κ2) is 10.8. The second-order valence-corrected chi connectivity index (χ2v) is 9.05. The summed E-state index contributed by atoms with van der Waals surface area (Å²) in [5.74, 6) is -3.73. The van der Waals surface area contributed by atoms with Crippen LogP contribution in [0.1, 0.15) is 22.5 Å². The standard InChI is InChI=1S/C27H18ClF6NO5/c1-13-3-4-14(2)20(9-13)39-24-23(37)17-7-6-16(11-21(17)40-25(24)27(32,33)34)38-12-22(36)35-19-10-15(26(29,30)31)5-8-18(19)28/h3-11H,12H2,1-2H3,(H,35,36). The minimum absolute atomic E-state index is 0.0454. The van der Waals surface area contributed by atoms with Gasteiger partial charge in [0.25, 0.3) is 11.7 Å². The molecule has 0 aliphatic carbocycles. The number of carbonyl (C=O) groups excluding carboxylic acids is 1. The summed E-state index contributed by atoms with van der Waals surface area (Å²) in [6, 6.07) is 10.5. The molecule has 0 fully saturated rings. The second-order valence-electron chi connectivity index (χ2n) is 8.65. The highest BCUT2D eigenvalue weighted by Crippen LogP contribution is 2.39. The minimum Gasteiger partial charge on any atom is -0.484 e. The Morgan fingerprint density at radius 3 is 2.35 bits per heavy atom.